The fourth-order valence-corrected chi connectivity index (χ4v) is 3.54. The molecule has 0 bridgehead atoms. The molecule has 2 rings (SSSR count). The molecule has 2 unspecified atom stereocenters. The number of hydrogen-bond acceptors (Lipinski definition) is 3. The molecule has 0 fully saturated rings. The fourth-order valence-electron chi connectivity index (χ4n) is 2.72. The van der Waals surface area contributed by atoms with Gasteiger partial charge in [-0.2, -0.15) is 0 Å². The fraction of sp³-hybridized carbons (Fsp3) is 0.533. The average Bonchev–Trinajstić information content (AvgIpc) is 2.46. The predicted molar refractivity (Wildman–Crippen MR) is 79.9 cm³/mol. The molecule has 2 atom stereocenters. The molecule has 1 aromatic carbocycles. The van der Waals surface area contributed by atoms with Crippen LogP contribution in [0.4, 0.5) is 0 Å². The first-order valence-corrected chi connectivity index (χ1v) is 8.41. The topological polar surface area (TPSA) is 57.6 Å². The summed E-state index contributed by atoms with van der Waals surface area (Å²) in [6.45, 7) is -0.143. The van der Waals surface area contributed by atoms with Crippen LogP contribution in [0.2, 0.25) is 0 Å². The van der Waals surface area contributed by atoms with Crippen LogP contribution < -0.4 is 0 Å². The second-order valence-electron chi connectivity index (χ2n) is 5.12. The van der Waals surface area contributed by atoms with Crippen molar-refractivity contribution in [3.8, 4) is 0 Å². The molecule has 20 heavy (non-hydrogen) atoms. The van der Waals surface area contributed by atoms with E-state index in [0.717, 1.165) is 19.3 Å². The van der Waals surface area contributed by atoms with Crippen LogP contribution >= 0.6 is 0 Å². The Balaban J connectivity index is 2.08. The van der Waals surface area contributed by atoms with Crippen molar-refractivity contribution >= 4 is 16.7 Å². The van der Waals surface area contributed by atoms with Gasteiger partial charge in [-0.3, -0.25) is 9.00 Å². The quantitative estimate of drug-likeness (QED) is 0.890. The first kappa shape index (κ1) is 15.2. The number of aliphatic hydroxyl groups excluding tert-OH is 1. The van der Waals surface area contributed by atoms with E-state index in [9.17, 15) is 9.00 Å². The molecule has 1 amide bonds. The number of carbonyl (C=O) groups excluding carboxylic acids is 1. The highest BCUT2D eigenvalue weighted by atomic mass is 32.2. The van der Waals surface area contributed by atoms with Gasteiger partial charge in [0.2, 0.25) is 5.91 Å². The number of benzene rings is 1. The summed E-state index contributed by atoms with van der Waals surface area (Å²) in [5.41, 5.74) is 2.52. The Hall–Kier alpha value is -1.20. The van der Waals surface area contributed by atoms with Crippen LogP contribution in [0, 0.1) is 0 Å². The maximum atomic E-state index is 12.2. The molecular weight excluding hydrogens is 274 g/mol. The van der Waals surface area contributed by atoms with Crippen molar-refractivity contribution in [1.29, 1.82) is 0 Å². The Morgan fingerprint density at radius 3 is 2.95 bits per heavy atom. The SMILES string of the molecule is CN(C(=O)CS(=O)CCO)C1CCCc2ccccc21. The van der Waals surface area contributed by atoms with Crippen molar-refractivity contribution in [2.75, 3.05) is 25.2 Å². The summed E-state index contributed by atoms with van der Waals surface area (Å²) < 4.78 is 11.6. The second-order valence-corrected chi connectivity index (χ2v) is 6.70. The summed E-state index contributed by atoms with van der Waals surface area (Å²) in [7, 11) is 0.509. The minimum Gasteiger partial charge on any atom is -0.395 e. The van der Waals surface area contributed by atoms with Crippen LogP contribution in [0.15, 0.2) is 24.3 Å². The van der Waals surface area contributed by atoms with E-state index in [1.807, 2.05) is 12.1 Å². The lowest BCUT2D eigenvalue weighted by Gasteiger charge is -2.33. The third-order valence-corrected chi connectivity index (χ3v) is 5.01. The maximum absolute atomic E-state index is 12.2. The van der Waals surface area contributed by atoms with E-state index < -0.39 is 10.8 Å². The van der Waals surface area contributed by atoms with Gasteiger partial charge in [-0.1, -0.05) is 24.3 Å². The van der Waals surface area contributed by atoms with Gasteiger partial charge in [0.05, 0.1) is 12.6 Å². The van der Waals surface area contributed by atoms with Gasteiger partial charge in [-0.15, -0.1) is 0 Å². The standard InChI is InChI=1S/C15H21NO3S/c1-16(15(18)11-20(19)10-9-17)14-8-4-6-12-5-2-3-7-13(12)14/h2-3,5,7,14,17H,4,6,8-11H2,1H3. The summed E-state index contributed by atoms with van der Waals surface area (Å²) in [4.78, 5) is 13.9. The molecular formula is C15H21NO3S. The summed E-state index contributed by atoms with van der Waals surface area (Å²) in [5, 5.41) is 8.75. The van der Waals surface area contributed by atoms with E-state index in [-0.39, 0.29) is 30.1 Å². The molecule has 4 nitrogen and oxygen atoms in total. The number of rotatable bonds is 5. The van der Waals surface area contributed by atoms with Crippen molar-refractivity contribution in [3.63, 3.8) is 0 Å². The van der Waals surface area contributed by atoms with Crippen molar-refractivity contribution < 1.29 is 14.1 Å². The number of carbonyl (C=O) groups is 1. The van der Waals surface area contributed by atoms with E-state index in [2.05, 4.69) is 12.1 Å². The Kier molecular flexibility index (Phi) is 5.31. The number of fused-ring (bicyclic) bond motifs is 1. The Labute approximate surface area is 122 Å². The van der Waals surface area contributed by atoms with Crippen LogP contribution in [0.3, 0.4) is 0 Å². The highest BCUT2D eigenvalue weighted by Gasteiger charge is 2.26. The minimum atomic E-state index is -1.27. The van der Waals surface area contributed by atoms with Crippen molar-refractivity contribution in [1.82, 2.24) is 4.90 Å². The number of aryl methyl sites for hydroxylation is 1. The van der Waals surface area contributed by atoms with Crippen LogP contribution in [0.1, 0.15) is 30.0 Å². The first-order valence-electron chi connectivity index (χ1n) is 6.92. The minimum absolute atomic E-state index is 0.00424. The number of hydrogen-bond donors (Lipinski definition) is 1. The van der Waals surface area contributed by atoms with E-state index in [0.29, 0.717) is 0 Å². The molecule has 1 N–H and O–H groups in total. The van der Waals surface area contributed by atoms with Crippen LogP contribution in [-0.2, 0) is 22.0 Å². The summed E-state index contributed by atoms with van der Waals surface area (Å²) in [6.07, 6.45) is 3.08. The van der Waals surface area contributed by atoms with Crippen molar-refractivity contribution in [2.45, 2.75) is 25.3 Å². The van der Waals surface area contributed by atoms with E-state index >= 15 is 0 Å². The van der Waals surface area contributed by atoms with Crippen LogP contribution in [-0.4, -0.2) is 45.3 Å². The summed E-state index contributed by atoms with van der Waals surface area (Å²) in [5.74, 6) is 0.0507. The molecule has 0 spiro atoms. The average molecular weight is 295 g/mol. The van der Waals surface area contributed by atoms with Gasteiger partial charge in [0.1, 0.15) is 5.75 Å². The van der Waals surface area contributed by atoms with Crippen LogP contribution in [0.5, 0.6) is 0 Å². The zero-order valence-corrected chi connectivity index (χ0v) is 12.6. The zero-order chi connectivity index (χ0) is 14.5. The van der Waals surface area contributed by atoms with E-state index in [1.165, 1.54) is 11.1 Å². The van der Waals surface area contributed by atoms with Crippen LogP contribution in [0.25, 0.3) is 0 Å². The largest absolute Gasteiger partial charge is 0.395 e. The predicted octanol–water partition coefficient (Wildman–Crippen LogP) is 1.26. The lowest BCUT2D eigenvalue weighted by molar-refractivity contribution is -0.129. The second kappa shape index (κ2) is 6.99. The molecule has 0 aliphatic heterocycles. The van der Waals surface area contributed by atoms with Gasteiger partial charge in [0.15, 0.2) is 0 Å². The molecule has 1 aliphatic carbocycles. The molecule has 5 heteroatoms. The number of aliphatic hydroxyl groups is 1. The van der Waals surface area contributed by atoms with Gasteiger partial charge in [-0.05, 0) is 30.4 Å². The summed E-state index contributed by atoms with van der Waals surface area (Å²) >= 11 is 0. The molecule has 0 aromatic heterocycles. The van der Waals surface area contributed by atoms with Gasteiger partial charge < -0.3 is 10.0 Å². The highest BCUT2D eigenvalue weighted by molar-refractivity contribution is 7.85. The third kappa shape index (κ3) is 3.46. The molecule has 0 heterocycles. The highest BCUT2D eigenvalue weighted by Crippen LogP contribution is 2.33. The van der Waals surface area contributed by atoms with E-state index in [4.69, 9.17) is 5.11 Å². The molecule has 1 aromatic rings. The van der Waals surface area contributed by atoms with Gasteiger partial charge in [0.25, 0.3) is 0 Å². The normalized spacial score (nSPS) is 19.2. The Morgan fingerprint density at radius 2 is 2.20 bits per heavy atom. The van der Waals surface area contributed by atoms with Gasteiger partial charge in [-0.25, -0.2) is 0 Å². The van der Waals surface area contributed by atoms with Gasteiger partial charge in [0, 0.05) is 23.6 Å². The lowest BCUT2D eigenvalue weighted by atomic mass is 9.87. The number of amides is 1. The lowest BCUT2D eigenvalue weighted by Crippen LogP contribution is -2.36. The monoisotopic (exact) mass is 295 g/mol. The Morgan fingerprint density at radius 1 is 1.45 bits per heavy atom. The van der Waals surface area contributed by atoms with Crippen molar-refractivity contribution in [2.24, 2.45) is 0 Å². The smallest absolute Gasteiger partial charge is 0.235 e. The van der Waals surface area contributed by atoms with Crippen molar-refractivity contribution in [3.05, 3.63) is 35.4 Å². The molecule has 0 saturated heterocycles. The zero-order valence-electron chi connectivity index (χ0n) is 11.7. The first-order chi connectivity index (χ1) is 9.63. The summed E-state index contributed by atoms with van der Waals surface area (Å²) in [6, 6.07) is 8.30. The molecule has 110 valence electrons. The third-order valence-electron chi connectivity index (χ3n) is 3.80. The van der Waals surface area contributed by atoms with E-state index in [1.54, 1.807) is 11.9 Å². The molecule has 0 saturated carbocycles. The van der Waals surface area contributed by atoms with Gasteiger partial charge >= 0.3 is 0 Å². The molecule has 0 radical (unpaired) electrons. The Bertz CT molecular complexity index is 504. The maximum Gasteiger partial charge on any atom is 0.235 e. The number of nitrogens with zero attached hydrogens (tertiary/aromatic N) is 1. The molecule has 1 aliphatic rings.